The average molecular weight is 164 g/mol. The van der Waals surface area contributed by atoms with Gasteiger partial charge in [0.2, 0.25) is 0 Å². The summed E-state index contributed by atoms with van der Waals surface area (Å²) in [5.41, 5.74) is 1.41. The smallest absolute Gasteiger partial charge is 0.139 e. The van der Waals surface area contributed by atoms with Gasteiger partial charge in [-0.15, -0.1) is 0 Å². The van der Waals surface area contributed by atoms with Crippen molar-refractivity contribution < 1.29 is 4.79 Å². The van der Waals surface area contributed by atoms with Gasteiger partial charge in [-0.2, -0.15) is 0 Å². The molecule has 1 saturated carbocycles. The summed E-state index contributed by atoms with van der Waals surface area (Å²) in [6.45, 7) is 0. The van der Waals surface area contributed by atoms with Crippen molar-refractivity contribution in [3.8, 4) is 0 Å². The van der Waals surface area contributed by atoms with Gasteiger partial charge in [0.1, 0.15) is 5.78 Å². The molecule has 0 heterocycles. The third-order valence-electron chi connectivity index (χ3n) is 3.10. The zero-order valence-electron chi connectivity index (χ0n) is 7.51. The Kier molecular flexibility index (Phi) is 2.29. The van der Waals surface area contributed by atoms with Gasteiger partial charge in [0.15, 0.2) is 0 Å². The summed E-state index contributed by atoms with van der Waals surface area (Å²) in [4.78, 5) is 11.5. The summed E-state index contributed by atoms with van der Waals surface area (Å²) < 4.78 is 0. The Labute approximate surface area is 73.8 Å². The van der Waals surface area contributed by atoms with E-state index in [1.165, 1.54) is 31.3 Å². The number of carbonyl (C=O) groups excluding carboxylic acids is 1. The first-order valence-corrected chi connectivity index (χ1v) is 5.07. The van der Waals surface area contributed by atoms with Crippen molar-refractivity contribution in [3.63, 3.8) is 0 Å². The number of Topliss-reactive ketones (excluding diaryl/α,β-unsaturated/α-hetero) is 1. The molecule has 0 radical (unpaired) electrons. The van der Waals surface area contributed by atoms with E-state index in [1.54, 1.807) is 0 Å². The molecule has 66 valence electrons. The van der Waals surface area contributed by atoms with Crippen LogP contribution in [0, 0.1) is 5.92 Å². The van der Waals surface area contributed by atoms with Crippen molar-refractivity contribution in [3.05, 3.63) is 11.6 Å². The molecule has 1 nitrogen and oxygen atoms in total. The van der Waals surface area contributed by atoms with Gasteiger partial charge in [-0.3, -0.25) is 4.79 Å². The second kappa shape index (κ2) is 3.42. The molecule has 0 spiro atoms. The molecule has 0 aliphatic heterocycles. The van der Waals surface area contributed by atoms with Crippen LogP contribution in [0.2, 0.25) is 0 Å². The molecule has 12 heavy (non-hydrogen) atoms. The Hall–Kier alpha value is -0.590. The highest BCUT2D eigenvalue weighted by Crippen LogP contribution is 2.31. The van der Waals surface area contributed by atoms with Gasteiger partial charge in [-0.05, 0) is 32.1 Å². The quantitative estimate of drug-likeness (QED) is 0.586. The molecule has 0 bridgehead atoms. The van der Waals surface area contributed by atoms with Crippen molar-refractivity contribution in [2.45, 2.75) is 44.9 Å². The standard InChI is InChI=1S/C11H16O/c12-11(10-6-3-7-10)8-9-4-1-2-5-9/h4,10H,1-3,5-8H2. The van der Waals surface area contributed by atoms with Gasteiger partial charge < -0.3 is 0 Å². The fourth-order valence-corrected chi connectivity index (χ4v) is 2.00. The van der Waals surface area contributed by atoms with E-state index in [1.807, 2.05) is 0 Å². The van der Waals surface area contributed by atoms with Crippen LogP contribution in [0.5, 0.6) is 0 Å². The molecule has 0 unspecified atom stereocenters. The lowest BCUT2D eigenvalue weighted by molar-refractivity contribution is -0.124. The van der Waals surface area contributed by atoms with E-state index in [4.69, 9.17) is 0 Å². The maximum absolute atomic E-state index is 11.5. The summed E-state index contributed by atoms with van der Waals surface area (Å²) in [7, 11) is 0. The molecule has 0 aromatic heterocycles. The molecule has 0 aromatic rings. The summed E-state index contributed by atoms with van der Waals surface area (Å²) in [6, 6.07) is 0. The number of carbonyl (C=O) groups is 1. The van der Waals surface area contributed by atoms with Crippen LogP contribution in [0.1, 0.15) is 44.9 Å². The maximum Gasteiger partial charge on any atom is 0.139 e. The predicted molar refractivity (Wildman–Crippen MR) is 48.9 cm³/mol. The van der Waals surface area contributed by atoms with Gasteiger partial charge in [0.05, 0.1) is 0 Å². The normalized spacial score (nSPS) is 23.5. The van der Waals surface area contributed by atoms with Crippen LogP contribution in [0.25, 0.3) is 0 Å². The number of hydrogen-bond acceptors (Lipinski definition) is 1. The van der Waals surface area contributed by atoms with E-state index in [-0.39, 0.29) is 0 Å². The van der Waals surface area contributed by atoms with Crippen molar-refractivity contribution >= 4 is 5.78 Å². The minimum Gasteiger partial charge on any atom is -0.299 e. The third kappa shape index (κ3) is 1.60. The highest BCUT2D eigenvalue weighted by atomic mass is 16.1. The average Bonchev–Trinajstić information content (AvgIpc) is 2.34. The van der Waals surface area contributed by atoms with E-state index < -0.39 is 0 Å². The lowest BCUT2D eigenvalue weighted by Crippen LogP contribution is -2.21. The first kappa shape index (κ1) is 8.03. The Morgan fingerprint density at radius 3 is 2.75 bits per heavy atom. The Morgan fingerprint density at radius 1 is 1.42 bits per heavy atom. The molecule has 0 atom stereocenters. The van der Waals surface area contributed by atoms with E-state index in [0.717, 1.165) is 19.3 Å². The second-order valence-electron chi connectivity index (χ2n) is 4.03. The van der Waals surface area contributed by atoms with Gasteiger partial charge in [0.25, 0.3) is 0 Å². The number of ketones is 1. The SMILES string of the molecule is O=C(CC1=CCCC1)C1CCC1. The van der Waals surface area contributed by atoms with Crippen molar-refractivity contribution in [2.24, 2.45) is 5.92 Å². The summed E-state index contributed by atoms with van der Waals surface area (Å²) in [5, 5.41) is 0. The Morgan fingerprint density at radius 2 is 2.25 bits per heavy atom. The van der Waals surface area contributed by atoms with E-state index in [2.05, 4.69) is 6.08 Å². The fraction of sp³-hybridized carbons (Fsp3) is 0.727. The highest BCUT2D eigenvalue weighted by molar-refractivity contribution is 5.83. The van der Waals surface area contributed by atoms with Gasteiger partial charge >= 0.3 is 0 Å². The summed E-state index contributed by atoms with van der Waals surface area (Å²) in [6.07, 6.45) is 10.3. The van der Waals surface area contributed by atoms with Crippen molar-refractivity contribution in [2.75, 3.05) is 0 Å². The van der Waals surface area contributed by atoms with E-state index in [0.29, 0.717) is 11.7 Å². The van der Waals surface area contributed by atoms with E-state index in [9.17, 15) is 4.79 Å². The monoisotopic (exact) mass is 164 g/mol. The fourth-order valence-electron chi connectivity index (χ4n) is 2.00. The number of hydrogen-bond donors (Lipinski definition) is 0. The molecule has 0 N–H and O–H groups in total. The summed E-state index contributed by atoms with van der Waals surface area (Å²) >= 11 is 0. The Bertz CT molecular complexity index is 211. The van der Waals surface area contributed by atoms with Crippen molar-refractivity contribution in [1.29, 1.82) is 0 Å². The molecule has 0 saturated heterocycles. The number of allylic oxidation sites excluding steroid dienone is 2. The zero-order valence-corrected chi connectivity index (χ0v) is 7.51. The second-order valence-corrected chi connectivity index (χ2v) is 4.03. The largest absolute Gasteiger partial charge is 0.299 e. The molecular formula is C11H16O. The van der Waals surface area contributed by atoms with Crippen LogP contribution >= 0.6 is 0 Å². The topological polar surface area (TPSA) is 17.1 Å². The molecule has 1 heteroatoms. The third-order valence-corrected chi connectivity index (χ3v) is 3.10. The molecule has 0 amide bonds. The Balaban J connectivity index is 1.81. The predicted octanol–water partition coefficient (Wildman–Crippen LogP) is 2.86. The van der Waals surface area contributed by atoms with Crippen LogP contribution in [-0.4, -0.2) is 5.78 Å². The van der Waals surface area contributed by atoms with Crippen LogP contribution in [0.3, 0.4) is 0 Å². The first-order chi connectivity index (χ1) is 5.86. The van der Waals surface area contributed by atoms with Gasteiger partial charge in [0, 0.05) is 12.3 Å². The molecule has 2 rings (SSSR count). The van der Waals surface area contributed by atoms with Crippen LogP contribution < -0.4 is 0 Å². The van der Waals surface area contributed by atoms with E-state index >= 15 is 0 Å². The zero-order chi connectivity index (χ0) is 8.39. The molecule has 0 aromatic carbocycles. The molecule has 1 fully saturated rings. The van der Waals surface area contributed by atoms with Crippen LogP contribution in [0.4, 0.5) is 0 Å². The summed E-state index contributed by atoms with van der Waals surface area (Å²) in [5.74, 6) is 0.945. The van der Waals surface area contributed by atoms with Crippen molar-refractivity contribution in [1.82, 2.24) is 0 Å². The molecule has 2 aliphatic carbocycles. The molecular weight excluding hydrogens is 148 g/mol. The number of rotatable bonds is 3. The first-order valence-electron chi connectivity index (χ1n) is 5.07. The van der Waals surface area contributed by atoms with Gasteiger partial charge in [-0.25, -0.2) is 0 Å². The van der Waals surface area contributed by atoms with Crippen LogP contribution in [0.15, 0.2) is 11.6 Å². The lowest BCUT2D eigenvalue weighted by atomic mass is 9.80. The van der Waals surface area contributed by atoms with Gasteiger partial charge in [-0.1, -0.05) is 18.1 Å². The lowest BCUT2D eigenvalue weighted by Gasteiger charge is -2.23. The molecule has 2 aliphatic rings. The maximum atomic E-state index is 11.5. The van der Waals surface area contributed by atoms with Crippen LogP contribution in [-0.2, 0) is 4.79 Å². The highest BCUT2D eigenvalue weighted by Gasteiger charge is 2.25. The minimum absolute atomic E-state index is 0.437. The minimum atomic E-state index is 0.437.